The molecule has 5 rings (SSSR count). The highest BCUT2D eigenvalue weighted by molar-refractivity contribution is 7.07. The molecule has 258 valence electrons. The lowest BCUT2D eigenvalue weighted by Gasteiger charge is -2.26. The molecule has 0 unspecified atom stereocenters. The maximum Gasteiger partial charge on any atom is 0.338 e. The Kier molecular flexibility index (Phi) is 10.8. The molecular weight excluding hydrogens is 644 g/mol. The number of hydrogen-bond donors (Lipinski definition) is 0. The average Bonchev–Trinajstić information content (AvgIpc) is 3.37. The number of allylic oxidation sites excluding steroid dienone is 1. The predicted octanol–water partition coefficient (Wildman–Crippen LogP) is 5.73. The number of carbonyl (C=O) groups is 1. The number of aromatic nitrogens is 1. The van der Waals surface area contributed by atoms with Gasteiger partial charge >= 0.3 is 5.97 Å². The molecule has 10 nitrogen and oxygen atoms in total. The number of benzene rings is 3. The summed E-state index contributed by atoms with van der Waals surface area (Å²) >= 11 is 1.23. The first kappa shape index (κ1) is 35.3. The van der Waals surface area contributed by atoms with E-state index in [9.17, 15) is 9.59 Å². The van der Waals surface area contributed by atoms with Gasteiger partial charge in [0.2, 0.25) is 5.75 Å². The Morgan fingerprint density at radius 1 is 0.857 bits per heavy atom. The molecule has 49 heavy (non-hydrogen) atoms. The van der Waals surface area contributed by atoms with Crippen molar-refractivity contribution >= 4 is 23.4 Å². The molecular formula is C38H42N2O8S. The number of carbonyl (C=O) groups excluding carboxylic acids is 1. The molecule has 0 aliphatic carbocycles. The van der Waals surface area contributed by atoms with Crippen molar-refractivity contribution in [3.63, 3.8) is 0 Å². The van der Waals surface area contributed by atoms with E-state index in [0.29, 0.717) is 62.6 Å². The highest BCUT2D eigenvalue weighted by Gasteiger charge is 2.34. The fourth-order valence-corrected chi connectivity index (χ4v) is 7.15. The van der Waals surface area contributed by atoms with Gasteiger partial charge in [-0.1, -0.05) is 35.1 Å². The second-order valence-corrected chi connectivity index (χ2v) is 12.6. The van der Waals surface area contributed by atoms with Crippen LogP contribution in [0.1, 0.15) is 60.2 Å². The molecule has 1 aromatic heterocycles. The summed E-state index contributed by atoms with van der Waals surface area (Å²) in [5.74, 6) is 1.77. The van der Waals surface area contributed by atoms with Crippen LogP contribution in [0.3, 0.4) is 0 Å². The van der Waals surface area contributed by atoms with Crippen LogP contribution >= 0.6 is 11.3 Å². The number of fused-ring (bicyclic) bond motifs is 1. The first-order chi connectivity index (χ1) is 23.5. The maximum absolute atomic E-state index is 14.3. The number of methoxy groups -OCH3 is 3. The molecule has 0 saturated heterocycles. The number of esters is 1. The van der Waals surface area contributed by atoms with Gasteiger partial charge in [0.15, 0.2) is 27.8 Å². The van der Waals surface area contributed by atoms with Crippen LogP contribution in [0.25, 0.3) is 6.08 Å². The Morgan fingerprint density at radius 2 is 1.53 bits per heavy atom. The van der Waals surface area contributed by atoms with Crippen LogP contribution in [0.5, 0.6) is 28.7 Å². The fraction of sp³-hybridized carbons (Fsp3) is 0.342. The molecule has 0 saturated carbocycles. The van der Waals surface area contributed by atoms with E-state index in [1.54, 1.807) is 32.1 Å². The van der Waals surface area contributed by atoms with Gasteiger partial charge in [-0.25, -0.2) is 9.79 Å². The molecule has 4 aromatic rings. The number of nitrogens with zero attached hydrogens (tertiary/aromatic N) is 2. The Balaban J connectivity index is 1.60. The molecule has 3 aromatic carbocycles. The first-order valence-corrected chi connectivity index (χ1v) is 16.8. The minimum atomic E-state index is -0.866. The van der Waals surface area contributed by atoms with Crippen LogP contribution in [0.2, 0.25) is 0 Å². The van der Waals surface area contributed by atoms with Gasteiger partial charge in [0.05, 0.1) is 56.4 Å². The molecule has 1 aliphatic rings. The van der Waals surface area contributed by atoms with Crippen LogP contribution in [-0.4, -0.2) is 45.1 Å². The molecule has 0 N–H and O–H groups in total. The van der Waals surface area contributed by atoms with Crippen LogP contribution in [0.4, 0.5) is 0 Å². The van der Waals surface area contributed by atoms with Crippen LogP contribution in [0.15, 0.2) is 63.5 Å². The van der Waals surface area contributed by atoms with Crippen LogP contribution < -0.4 is 38.6 Å². The zero-order chi connectivity index (χ0) is 35.4. The van der Waals surface area contributed by atoms with Gasteiger partial charge < -0.3 is 28.4 Å². The molecule has 1 atom stereocenters. The first-order valence-electron chi connectivity index (χ1n) is 16.0. The van der Waals surface area contributed by atoms with E-state index in [2.05, 4.69) is 32.9 Å². The SMILES string of the molecule is CCOC(=O)C1=C(C)N=c2s/c(=C\c3ccc(OCc4c(C)cc(C)cc4C)c(OCC)c3)c(=O)n2[C@@H]1c1cc(OC)c(OC)c(OC)c1. The minimum absolute atomic E-state index is 0.161. The number of thiazole rings is 1. The molecule has 0 radical (unpaired) electrons. The third-order valence-corrected chi connectivity index (χ3v) is 9.28. The predicted molar refractivity (Wildman–Crippen MR) is 189 cm³/mol. The lowest BCUT2D eigenvalue weighted by molar-refractivity contribution is -0.139. The Labute approximate surface area is 289 Å². The van der Waals surface area contributed by atoms with Crippen molar-refractivity contribution in [1.82, 2.24) is 4.57 Å². The standard InChI is InChI=1S/C38H42N2O8S/c1-10-46-29-16-25(12-13-28(29)48-20-27-22(4)14-21(3)15-23(27)5)17-32-36(41)40-34(26-18-30(43-7)35(45-9)31(19-26)44-8)33(37(42)47-11-2)24(6)39-38(40)49-32/h12-19,34H,10-11,20H2,1-9H3/b32-17-/t34-/m1/s1. The Bertz CT molecular complexity index is 2060. The Hall–Kier alpha value is -5.03. The quantitative estimate of drug-likeness (QED) is 0.174. The van der Waals surface area contributed by atoms with Crippen molar-refractivity contribution < 1.29 is 33.2 Å². The number of aryl methyl sites for hydroxylation is 3. The van der Waals surface area contributed by atoms with Crippen molar-refractivity contribution in [2.75, 3.05) is 34.5 Å². The van der Waals surface area contributed by atoms with Crippen molar-refractivity contribution in [2.45, 2.75) is 54.2 Å². The summed E-state index contributed by atoms with van der Waals surface area (Å²) in [5, 5.41) is 0. The van der Waals surface area contributed by atoms with Gasteiger partial charge in [-0.15, -0.1) is 0 Å². The van der Waals surface area contributed by atoms with E-state index in [1.165, 1.54) is 53.9 Å². The van der Waals surface area contributed by atoms with Gasteiger partial charge in [0.25, 0.3) is 5.56 Å². The normalized spacial score (nSPS) is 14.2. The van der Waals surface area contributed by atoms with E-state index in [-0.39, 0.29) is 17.7 Å². The zero-order valence-electron chi connectivity index (χ0n) is 29.4. The highest BCUT2D eigenvalue weighted by atomic mass is 32.1. The van der Waals surface area contributed by atoms with Crippen molar-refractivity contribution in [3.8, 4) is 28.7 Å². The second kappa shape index (κ2) is 15.0. The lowest BCUT2D eigenvalue weighted by atomic mass is 9.95. The summed E-state index contributed by atoms with van der Waals surface area (Å²) in [7, 11) is 4.54. The molecule has 0 amide bonds. The van der Waals surface area contributed by atoms with Gasteiger partial charge in [-0.2, -0.15) is 0 Å². The summed E-state index contributed by atoms with van der Waals surface area (Å²) < 4.78 is 36.4. The molecule has 11 heteroatoms. The average molecular weight is 687 g/mol. The summed E-state index contributed by atoms with van der Waals surface area (Å²) in [6, 6.07) is 12.5. The smallest absolute Gasteiger partial charge is 0.338 e. The van der Waals surface area contributed by atoms with E-state index >= 15 is 0 Å². The molecule has 1 aliphatic heterocycles. The second-order valence-electron chi connectivity index (χ2n) is 11.6. The van der Waals surface area contributed by atoms with E-state index in [4.69, 9.17) is 33.4 Å². The number of ether oxygens (including phenoxy) is 6. The topological polar surface area (TPSA) is 107 Å². The molecule has 0 bridgehead atoms. The van der Waals surface area contributed by atoms with Crippen molar-refractivity contribution in [1.29, 1.82) is 0 Å². The Morgan fingerprint density at radius 3 is 2.12 bits per heavy atom. The summed E-state index contributed by atoms with van der Waals surface area (Å²) in [5.41, 5.74) is 6.39. The van der Waals surface area contributed by atoms with Crippen molar-refractivity contribution in [3.05, 3.63) is 107 Å². The third kappa shape index (κ3) is 7.07. The van der Waals surface area contributed by atoms with Gasteiger partial charge in [0.1, 0.15) is 6.61 Å². The van der Waals surface area contributed by atoms with Gasteiger partial charge in [-0.3, -0.25) is 9.36 Å². The summed E-state index contributed by atoms with van der Waals surface area (Å²) in [4.78, 5) is 32.8. The number of hydrogen-bond acceptors (Lipinski definition) is 10. The largest absolute Gasteiger partial charge is 0.493 e. The highest BCUT2D eigenvalue weighted by Crippen LogP contribution is 2.42. The fourth-order valence-electron chi connectivity index (χ4n) is 6.11. The molecule has 0 fully saturated rings. The van der Waals surface area contributed by atoms with Crippen molar-refractivity contribution in [2.24, 2.45) is 4.99 Å². The maximum atomic E-state index is 14.3. The summed E-state index contributed by atoms with van der Waals surface area (Å²) in [6.45, 7) is 12.6. The lowest BCUT2D eigenvalue weighted by Crippen LogP contribution is -2.40. The zero-order valence-corrected chi connectivity index (χ0v) is 30.2. The number of rotatable bonds is 12. The van der Waals surface area contributed by atoms with Gasteiger partial charge in [-0.05, 0) is 99.7 Å². The van der Waals surface area contributed by atoms with E-state index < -0.39 is 12.0 Å². The van der Waals surface area contributed by atoms with Gasteiger partial charge in [0, 0.05) is 0 Å². The third-order valence-electron chi connectivity index (χ3n) is 8.30. The van der Waals surface area contributed by atoms with Crippen LogP contribution in [-0.2, 0) is 16.1 Å². The van der Waals surface area contributed by atoms with E-state index in [0.717, 1.165) is 11.1 Å². The van der Waals surface area contributed by atoms with E-state index in [1.807, 2.05) is 25.1 Å². The summed E-state index contributed by atoms with van der Waals surface area (Å²) in [6.07, 6.45) is 1.79. The van der Waals surface area contributed by atoms with Crippen LogP contribution in [0, 0.1) is 20.8 Å². The molecule has 2 heterocycles. The monoisotopic (exact) mass is 686 g/mol. The molecule has 0 spiro atoms. The minimum Gasteiger partial charge on any atom is -0.493 e.